The largest absolute Gasteiger partial charge is 0.497 e. The minimum absolute atomic E-state index is 0.401. The minimum Gasteiger partial charge on any atom is -0.497 e. The van der Waals surface area contributed by atoms with Crippen molar-refractivity contribution in [3.63, 3.8) is 0 Å². The smallest absolute Gasteiger partial charge is 0.433 e. The third-order valence-electron chi connectivity index (χ3n) is 2.22. The van der Waals surface area contributed by atoms with Gasteiger partial charge in [-0.05, 0) is 42.7 Å². The summed E-state index contributed by atoms with van der Waals surface area (Å²) in [5.74, 6) is 0.785. The summed E-state index contributed by atoms with van der Waals surface area (Å²) in [6.45, 7) is 4.27. The molecule has 92 valence electrons. The van der Waals surface area contributed by atoms with Crippen molar-refractivity contribution in [1.29, 1.82) is 0 Å². The topological polar surface area (TPSA) is 47.9 Å². The molecule has 0 aromatic heterocycles. The number of benzene rings is 1. The number of ether oxygens (including phenoxy) is 2. The Morgan fingerprint density at radius 2 is 2.24 bits per heavy atom. The first kappa shape index (κ1) is 13.2. The van der Waals surface area contributed by atoms with Gasteiger partial charge in [0, 0.05) is 6.21 Å². The Hall–Kier alpha value is -1.84. The normalized spacial score (nSPS) is 10.5. The van der Waals surface area contributed by atoms with Crippen molar-refractivity contribution in [2.75, 3.05) is 13.7 Å². The number of methoxy groups -OCH3 is 1. The molecule has 0 saturated carbocycles. The van der Waals surface area contributed by atoms with Gasteiger partial charge in [-0.3, -0.25) is 0 Å². The second-order valence-corrected chi connectivity index (χ2v) is 3.60. The Morgan fingerprint density at radius 1 is 1.47 bits per heavy atom. The SMILES string of the molecule is CCCOC(=O)N=Cc1ccc(OC)cc1C. The second kappa shape index (κ2) is 6.68. The van der Waals surface area contributed by atoms with Gasteiger partial charge in [-0.1, -0.05) is 6.92 Å². The molecule has 0 fully saturated rings. The van der Waals surface area contributed by atoms with Gasteiger partial charge in [0.25, 0.3) is 0 Å². The van der Waals surface area contributed by atoms with Crippen LogP contribution in [0.2, 0.25) is 0 Å². The summed E-state index contributed by atoms with van der Waals surface area (Å²) < 4.78 is 9.93. The number of hydrogen-bond acceptors (Lipinski definition) is 3. The van der Waals surface area contributed by atoms with Crippen LogP contribution in [0.1, 0.15) is 24.5 Å². The fourth-order valence-electron chi connectivity index (χ4n) is 1.27. The molecular weight excluding hydrogens is 218 g/mol. The van der Waals surface area contributed by atoms with Crippen molar-refractivity contribution in [1.82, 2.24) is 0 Å². The summed E-state index contributed by atoms with van der Waals surface area (Å²) in [6, 6.07) is 5.56. The molecule has 0 N–H and O–H groups in total. The van der Waals surface area contributed by atoms with Crippen LogP contribution in [0.5, 0.6) is 5.75 Å². The van der Waals surface area contributed by atoms with Crippen LogP contribution < -0.4 is 4.74 Å². The highest BCUT2D eigenvalue weighted by Gasteiger charge is 2.00. The molecule has 4 nitrogen and oxygen atoms in total. The monoisotopic (exact) mass is 235 g/mol. The number of nitrogens with zero attached hydrogens (tertiary/aromatic N) is 1. The maximum absolute atomic E-state index is 11.2. The molecule has 1 amide bonds. The van der Waals surface area contributed by atoms with E-state index in [-0.39, 0.29) is 0 Å². The molecule has 1 aromatic carbocycles. The van der Waals surface area contributed by atoms with Gasteiger partial charge in [-0.15, -0.1) is 0 Å². The fourth-order valence-corrected chi connectivity index (χ4v) is 1.27. The average molecular weight is 235 g/mol. The van der Waals surface area contributed by atoms with Gasteiger partial charge in [-0.2, -0.15) is 4.99 Å². The molecule has 0 spiro atoms. The lowest BCUT2D eigenvalue weighted by Crippen LogP contribution is -2.00. The number of aliphatic imine (C=N–C) groups is 1. The highest BCUT2D eigenvalue weighted by Crippen LogP contribution is 2.15. The molecule has 0 radical (unpaired) electrons. The van der Waals surface area contributed by atoms with E-state index in [0.717, 1.165) is 23.3 Å². The Morgan fingerprint density at radius 3 is 2.82 bits per heavy atom. The Bertz CT molecular complexity index is 413. The zero-order chi connectivity index (χ0) is 12.7. The quantitative estimate of drug-likeness (QED) is 0.754. The van der Waals surface area contributed by atoms with Crippen molar-refractivity contribution in [2.24, 2.45) is 4.99 Å². The Labute approximate surface area is 101 Å². The summed E-state index contributed by atoms with van der Waals surface area (Å²) in [5.41, 5.74) is 1.87. The van der Waals surface area contributed by atoms with Gasteiger partial charge in [0.15, 0.2) is 0 Å². The Kier molecular flexibility index (Phi) is 5.20. The average Bonchev–Trinajstić information content (AvgIpc) is 2.34. The van der Waals surface area contributed by atoms with E-state index in [1.54, 1.807) is 7.11 Å². The zero-order valence-electron chi connectivity index (χ0n) is 10.4. The lowest BCUT2D eigenvalue weighted by molar-refractivity contribution is 0.157. The van der Waals surface area contributed by atoms with E-state index in [1.165, 1.54) is 6.21 Å². The summed E-state index contributed by atoms with van der Waals surface area (Å²) in [5, 5.41) is 0. The molecule has 0 aliphatic carbocycles. The maximum Gasteiger partial charge on any atom is 0.433 e. The maximum atomic E-state index is 11.2. The van der Waals surface area contributed by atoms with E-state index in [9.17, 15) is 4.79 Å². The van der Waals surface area contributed by atoms with Crippen LogP contribution in [0.3, 0.4) is 0 Å². The standard InChI is InChI=1S/C13H17NO3/c1-4-7-17-13(15)14-9-11-5-6-12(16-3)8-10(11)2/h5-6,8-9H,4,7H2,1-3H3. The number of carbonyl (C=O) groups is 1. The van der Waals surface area contributed by atoms with E-state index in [1.807, 2.05) is 32.0 Å². The van der Waals surface area contributed by atoms with E-state index < -0.39 is 6.09 Å². The zero-order valence-corrected chi connectivity index (χ0v) is 10.4. The first-order chi connectivity index (χ1) is 8.17. The number of rotatable bonds is 4. The van der Waals surface area contributed by atoms with Crippen LogP contribution >= 0.6 is 0 Å². The first-order valence-electron chi connectivity index (χ1n) is 5.52. The third-order valence-corrected chi connectivity index (χ3v) is 2.22. The molecule has 1 rings (SSSR count). The molecule has 0 bridgehead atoms. The summed E-state index contributed by atoms with van der Waals surface area (Å²) >= 11 is 0. The Balaban J connectivity index is 2.68. The molecule has 0 saturated heterocycles. The van der Waals surface area contributed by atoms with Gasteiger partial charge in [0.1, 0.15) is 5.75 Å². The summed E-state index contributed by atoms with van der Waals surface area (Å²) in [4.78, 5) is 14.9. The van der Waals surface area contributed by atoms with Gasteiger partial charge < -0.3 is 9.47 Å². The molecule has 0 atom stereocenters. The molecule has 17 heavy (non-hydrogen) atoms. The van der Waals surface area contributed by atoms with Crippen LogP contribution in [0.25, 0.3) is 0 Å². The van der Waals surface area contributed by atoms with Crippen molar-refractivity contribution < 1.29 is 14.3 Å². The molecule has 0 heterocycles. The van der Waals surface area contributed by atoms with E-state index >= 15 is 0 Å². The van der Waals surface area contributed by atoms with Crippen LogP contribution in [0.4, 0.5) is 4.79 Å². The van der Waals surface area contributed by atoms with Crippen LogP contribution in [-0.2, 0) is 4.74 Å². The lowest BCUT2D eigenvalue weighted by atomic mass is 10.1. The lowest BCUT2D eigenvalue weighted by Gasteiger charge is -2.03. The molecule has 0 unspecified atom stereocenters. The molecule has 0 aliphatic heterocycles. The number of carbonyl (C=O) groups excluding carboxylic acids is 1. The second-order valence-electron chi connectivity index (χ2n) is 3.60. The van der Waals surface area contributed by atoms with Crippen LogP contribution in [-0.4, -0.2) is 26.0 Å². The van der Waals surface area contributed by atoms with Crippen LogP contribution in [0, 0.1) is 6.92 Å². The van der Waals surface area contributed by atoms with Crippen molar-refractivity contribution in [2.45, 2.75) is 20.3 Å². The summed E-state index contributed by atoms with van der Waals surface area (Å²) in [7, 11) is 1.62. The molecular formula is C13H17NO3. The van der Waals surface area contributed by atoms with Crippen LogP contribution in [0.15, 0.2) is 23.2 Å². The predicted octanol–water partition coefficient (Wildman–Crippen LogP) is 2.97. The summed E-state index contributed by atoms with van der Waals surface area (Å²) in [6.07, 6.45) is 1.75. The fraction of sp³-hybridized carbons (Fsp3) is 0.385. The van der Waals surface area contributed by atoms with Crippen molar-refractivity contribution >= 4 is 12.3 Å². The number of aryl methyl sites for hydroxylation is 1. The first-order valence-corrected chi connectivity index (χ1v) is 5.52. The molecule has 1 aromatic rings. The van der Waals surface area contributed by atoms with E-state index in [4.69, 9.17) is 9.47 Å². The highest BCUT2D eigenvalue weighted by molar-refractivity contribution is 5.90. The van der Waals surface area contributed by atoms with Gasteiger partial charge >= 0.3 is 6.09 Å². The highest BCUT2D eigenvalue weighted by atomic mass is 16.5. The minimum atomic E-state index is -0.554. The molecule has 0 aliphatic rings. The molecule has 4 heteroatoms. The van der Waals surface area contributed by atoms with Crippen molar-refractivity contribution in [3.05, 3.63) is 29.3 Å². The van der Waals surface area contributed by atoms with E-state index in [2.05, 4.69) is 4.99 Å². The number of hydrogen-bond donors (Lipinski definition) is 0. The van der Waals surface area contributed by atoms with Gasteiger partial charge in [-0.25, -0.2) is 4.79 Å². The number of amides is 1. The predicted molar refractivity (Wildman–Crippen MR) is 67.0 cm³/mol. The van der Waals surface area contributed by atoms with Gasteiger partial charge in [0.2, 0.25) is 0 Å². The van der Waals surface area contributed by atoms with Gasteiger partial charge in [0.05, 0.1) is 13.7 Å². The van der Waals surface area contributed by atoms with E-state index in [0.29, 0.717) is 6.61 Å². The third kappa shape index (κ3) is 4.26. The van der Waals surface area contributed by atoms with Crippen molar-refractivity contribution in [3.8, 4) is 5.75 Å².